The van der Waals surface area contributed by atoms with Crippen LogP contribution in [0.1, 0.15) is 31.7 Å². The Balaban J connectivity index is 1.98. The second-order valence-electron chi connectivity index (χ2n) is 5.86. The van der Waals surface area contributed by atoms with Gasteiger partial charge in [0.25, 0.3) is 0 Å². The van der Waals surface area contributed by atoms with Crippen molar-refractivity contribution in [3.05, 3.63) is 35.6 Å². The third kappa shape index (κ3) is 5.01. The van der Waals surface area contributed by atoms with Gasteiger partial charge in [-0.1, -0.05) is 19.1 Å². The van der Waals surface area contributed by atoms with Crippen molar-refractivity contribution < 1.29 is 18.7 Å². The summed E-state index contributed by atoms with van der Waals surface area (Å²) in [5.41, 5.74) is 0.457. The Kier molecular flexibility index (Phi) is 6.69. The van der Waals surface area contributed by atoms with Gasteiger partial charge in [-0.2, -0.15) is 0 Å². The van der Waals surface area contributed by atoms with Crippen molar-refractivity contribution >= 4 is 11.9 Å². The number of amides is 3. The standard InChI is InChI=1S/C17H24FN3O3/c1-2-9-19-16(23)21-15(22)12-20-17(7-10-24-11-8-17)13-3-5-14(18)6-4-13/h3-6,20H,2,7-12H2,1H3,(H2,19,21,22,23). The molecule has 1 aliphatic rings. The van der Waals surface area contributed by atoms with E-state index >= 15 is 0 Å². The summed E-state index contributed by atoms with van der Waals surface area (Å²) in [4.78, 5) is 23.5. The minimum absolute atomic E-state index is 0.00305. The molecule has 0 bridgehead atoms. The molecule has 1 heterocycles. The molecule has 3 N–H and O–H groups in total. The Hall–Kier alpha value is -1.99. The van der Waals surface area contributed by atoms with Gasteiger partial charge in [0.15, 0.2) is 0 Å². The summed E-state index contributed by atoms with van der Waals surface area (Å²) in [6.45, 7) is 3.56. The molecule has 0 radical (unpaired) electrons. The molecule has 1 aliphatic heterocycles. The van der Waals surface area contributed by atoms with Gasteiger partial charge in [-0.3, -0.25) is 15.4 Å². The normalized spacial score (nSPS) is 16.4. The van der Waals surface area contributed by atoms with Crippen LogP contribution in [0.15, 0.2) is 24.3 Å². The number of carbonyl (C=O) groups excluding carboxylic acids is 2. The monoisotopic (exact) mass is 337 g/mol. The third-order valence-electron chi connectivity index (χ3n) is 4.12. The number of imide groups is 1. The molecule has 2 rings (SSSR count). The molecule has 132 valence electrons. The fraction of sp³-hybridized carbons (Fsp3) is 0.529. The highest BCUT2D eigenvalue weighted by molar-refractivity contribution is 5.95. The fourth-order valence-corrected chi connectivity index (χ4v) is 2.76. The van der Waals surface area contributed by atoms with Crippen molar-refractivity contribution in [3.8, 4) is 0 Å². The van der Waals surface area contributed by atoms with Crippen LogP contribution in [0.4, 0.5) is 9.18 Å². The quantitative estimate of drug-likeness (QED) is 0.738. The minimum Gasteiger partial charge on any atom is -0.381 e. The molecule has 3 amide bonds. The van der Waals surface area contributed by atoms with Crippen molar-refractivity contribution in [1.82, 2.24) is 16.0 Å². The van der Waals surface area contributed by atoms with Gasteiger partial charge in [-0.15, -0.1) is 0 Å². The minimum atomic E-state index is -0.494. The number of hydrogen-bond donors (Lipinski definition) is 3. The zero-order valence-electron chi connectivity index (χ0n) is 13.9. The lowest BCUT2D eigenvalue weighted by Gasteiger charge is -2.38. The Labute approximate surface area is 141 Å². The average molecular weight is 337 g/mol. The summed E-state index contributed by atoms with van der Waals surface area (Å²) in [6, 6.07) is 5.77. The van der Waals surface area contributed by atoms with Crippen LogP contribution in [0.2, 0.25) is 0 Å². The fourth-order valence-electron chi connectivity index (χ4n) is 2.76. The van der Waals surface area contributed by atoms with E-state index in [1.54, 1.807) is 12.1 Å². The van der Waals surface area contributed by atoms with Crippen molar-refractivity contribution in [1.29, 1.82) is 0 Å². The maximum absolute atomic E-state index is 13.2. The molecule has 0 aromatic heterocycles. The van der Waals surface area contributed by atoms with Gasteiger partial charge in [-0.05, 0) is 37.0 Å². The zero-order valence-corrected chi connectivity index (χ0v) is 13.9. The highest BCUT2D eigenvalue weighted by atomic mass is 19.1. The van der Waals surface area contributed by atoms with Gasteiger partial charge >= 0.3 is 6.03 Å². The summed E-state index contributed by atoms with van der Waals surface area (Å²) >= 11 is 0. The van der Waals surface area contributed by atoms with Crippen LogP contribution in [0.3, 0.4) is 0 Å². The highest BCUT2D eigenvalue weighted by Gasteiger charge is 2.34. The molecular weight excluding hydrogens is 313 g/mol. The van der Waals surface area contributed by atoms with E-state index in [4.69, 9.17) is 4.74 Å². The van der Waals surface area contributed by atoms with Crippen molar-refractivity contribution in [2.24, 2.45) is 0 Å². The maximum Gasteiger partial charge on any atom is 0.321 e. The second-order valence-corrected chi connectivity index (χ2v) is 5.86. The summed E-state index contributed by atoms with van der Waals surface area (Å²) in [5, 5.41) is 8.12. The van der Waals surface area contributed by atoms with Crippen LogP contribution in [0.5, 0.6) is 0 Å². The summed E-state index contributed by atoms with van der Waals surface area (Å²) < 4.78 is 18.6. The Morgan fingerprint density at radius 1 is 1.21 bits per heavy atom. The number of urea groups is 1. The number of rotatable bonds is 6. The first-order valence-electron chi connectivity index (χ1n) is 8.22. The smallest absolute Gasteiger partial charge is 0.321 e. The number of ether oxygens (including phenoxy) is 1. The molecule has 0 atom stereocenters. The summed E-state index contributed by atoms with van der Waals surface area (Å²) in [6.07, 6.45) is 2.15. The van der Waals surface area contributed by atoms with Crippen molar-refractivity contribution in [3.63, 3.8) is 0 Å². The predicted molar refractivity (Wildman–Crippen MR) is 88.0 cm³/mol. The molecule has 7 heteroatoms. The predicted octanol–water partition coefficient (Wildman–Crippen LogP) is 1.66. The zero-order chi connectivity index (χ0) is 17.4. The van der Waals surface area contributed by atoms with E-state index in [-0.39, 0.29) is 12.4 Å². The van der Waals surface area contributed by atoms with Crippen LogP contribution in [-0.2, 0) is 15.1 Å². The highest BCUT2D eigenvalue weighted by Crippen LogP contribution is 2.32. The molecule has 1 aromatic rings. The molecule has 24 heavy (non-hydrogen) atoms. The number of nitrogens with one attached hydrogen (secondary N) is 3. The Bertz CT molecular complexity index is 557. The molecule has 0 aliphatic carbocycles. The van der Waals surface area contributed by atoms with Gasteiger partial charge in [0, 0.05) is 25.3 Å². The van der Waals surface area contributed by atoms with Crippen molar-refractivity contribution in [2.45, 2.75) is 31.7 Å². The summed E-state index contributed by atoms with van der Waals surface area (Å²) in [7, 11) is 0. The molecule has 0 spiro atoms. The third-order valence-corrected chi connectivity index (χ3v) is 4.12. The maximum atomic E-state index is 13.2. The largest absolute Gasteiger partial charge is 0.381 e. The van der Waals surface area contributed by atoms with E-state index in [1.165, 1.54) is 12.1 Å². The summed E-state index contributed by atoms with van der Waals surface area (Å²) in [5.74, 6) is -0.706. The van der Waals surface area contributed by atoms with Gasteiger partial charge in [0.1, 0.15) is 5.82 Å². The van der Waals surface area contributed by atoms with Crippen LogP contribution in [0.25, 0.3) is 0 Å². The van der Waals surface area contributed by atoms with Gasteiger partial charge in [0.2, 0.25) is 5.91 Å². The Morgan fingerprint density at radius 3 is 2.50 bits per heavy atom. The van der Waals surface area contributed by atoms with Crippen LogP contribution in [-0.4, -0.2) is 38.2 Å². The molecule has 0 saturated carbocycles. The Morgan fingerprint density at radius 2 is 1.88 bits per heavy atom. The molecule has 0 unspecified atom stereocenters. The van der Waals surface area contributed by atoms with E-state index in [0.717, 1.165) is 12.0 Å². The average Bonchev–Trinajstić information content (AvgIpc) is 2.59. The van der Waals surface area contributed by atoms with E-state index in [1.807, 2.05) is 6.92 Å². The lowest BCUT2D eigenvalue weighted by Crippen LogP contribution is -2.51. The van der Waals surface area contributed by atoms with E-state index in [9.17, 15) is 14.0 Å². The number of benzene rings is 1. The van der Waals surface area contributed by atoms with Gasteiger partial charge in [0.05, 0.1) is 6.54 Å². The van der Waals surface area contributed by atoms with E-state index in [2.05, 4.69) is 16.0 Å². The first-order chi connectivity index (χ1) is 11.6. The van der Waals surface area contributed by atoms with Crippen molar-refractivity contribution in [2.75, 3.05) is 26.3 Å². The topological polar surface area (TPSA) is 79.5 Å². The first-order valence-corrected chi connectivity index (χ1v) is 8.22. The van der Waals surface area contributed by atoms with Crippen LogP contribution < -0.4 is 16.0 Å². The SMILES string of the molecule is CCCNC(=O)NC(=O)CNC1(c2ccc(F)cc2)CCOCC1. The molecule has 1 fully saturated rings. The van der Waals surface area contributed by atoms with Crippen LogP contribution >= 0.6 is 0 Å². The first kappa shape index (κ1) is 18.4. The van der Waals surface area contributed by atoms with E-state index < -0.39 is 17.5 Å². The molecule has 6 nitrogen and oxygen atoms in total. The van der Waals surface area contributed by atoms with Crippen LogP contribution in [0, 0.1) is 5.82 Å². The number of hydrogen-bond acceptors (Lipinski definition) is 4. The lowest BCUT2D eigenvalue weighted by atomic mass is 9.82. The molecular formula is C17H24FN3O3. The molecule has 1 saturated heterocycles. The molecule has 1 aromatic carbocycles. The van der Waals surface area contributed by atoms with Gasteiger partial charge < -0.3 is 10.1 Å². The van der Waals surface area contributed by atoms with E-state index in [0.29, 0.717) is 32.6 Å². The lowest BCUT2D eigenvalue weighted by molar-refractivity contribution is -0.119. The second kappa shape index (κ2) is 8.75. The number of halogens is 1. The number of carbonyl (C=O) groups is 2. The van der Waals surface area contributed by atoms with Gasteiger partial charge in [-0.25, -0.2) is 9.18 Å².